The van der Waals surface area contributed by atoms with Gasteiger partial charge in [-0.2, -0.15) is 0 Å². The summed E-state index contributed by atoms with van der Waals surface area (Å²) in [5.41, 5.74) is 5.47. The van der Waals surface area contributed by atoms with E-state index in [1.165, 1.54) is 11.1 Å². The normalized spacial score (nSPS) is 19.1. The topological polar surface area (TPSA) is 75.2 Å². The molecule has 1 fully saturated rings. The molecule has 1 aliphatic carbocycles. The van der Waals surface area contributed by atoms with Crippen LogP contribution in [0.15, 0.2) is 36.4 Å². The molecule has 2 amide bonds. The lowest BCUT2D eigenvalue weighted by Crippen LogP contribution is -2.52. The van der Waals surface area contributed by atoms with E-state index in [1.54, 1.807) is 0 Å². The molecule has 0 spiro atoms. The largest absolute Gasteiger partial charge is 0.344 e. The third kappa shape index (κ3) is 4.77. The van der Waals surface area contributed by atoms with Crippen molar-refractivity contribution >= 4 is 17.4 Å². The van der Waals surface area contributed by atoms with Gasteiger partial charge in [0.2, 0.25) is 11.8 Å². The van der Waals surface area contributed by atoms with E-state index < -0.39 is 6.04 Å². The summed E-state index contributed by atoms with van der Waals surface area (Å²) in [5.74, 6) is 0.528. The molecule has 3 atom stereocenters. The molecular weight excluding hydrogens is 424 g/mol. The van der Waals surface area contributed by atoms with Crippen LogP contribution in [0.3, 0.4) is 0 Å². The Hall–Kier alpha value is -3.02. The maximum absolute atomic E-state index is 13.7. The highest BCUT2D eigenvalue weighted by Gasteiger charge is 2.37. The summed E-state index contributed by atoms with van der Waals surface area (Å²) in [6.45, 7) is 10.5. The lowest BCUT2D eigenvalue weighted by Gasteiger charge is -2.31. The summed E-state index contributed by atoms with van der Waals surface area (Å²) >= 11 is 0. The van der Waals surface area contributed by atoms with Gasteiger partial charge in [-0.3, -0.25) is 9.59 Å². The number of allylic oxidation sites excluding steroid dienone is 1. The number of likely N-dealkylation sites (tertiary alicyclic amines) is 1. The Labute approximate surface area is 202 Å². The van der Waals surface area contributed by atoms with Gasteiger partial charge in [0, 0.05) is 18.0 Å². The molecular formula is C28H36N4O2. The number of fused-ring (bicyclic) bond motifs is 1. The van der Waals surface area contributed by atoms with Gasteiger partial charge in [0.15, 0.2) is 0 Å². The van der Waals surface area contributed by atoms with E-state index in [9.17, 15) is 9.59 Å². The standard InChI is InChI=1S/C28H36N4O2/c1-6-18(4)27(33)31-26(17(2)3)28(34)32-15-9-12-25(32)24-16-23(29-19(5)30-24)22-14-13-20-10-7-8-11-21(20)22/h7-8,10-11,14,16-18,25-26H,6,9,12-13,15H2,1-5H3,(H,31,33). The third-order valence-electron chi connectivity index (χ3n) is 7.14. The Morgan fingerprint density at radius 3 is 2.68 bits per heavy atom. The third-order valence-corrected chi connectivity index (χ3v) is 7.14. The van der Waals surface area contributed by atoms with Crippen molar-refractivity contribution in [3.05, 3.63) is 64.7 Å². The first-order valence-electron chi connectivity index (χ1n) is 12.5. The first kappa shape index (κ1) is 24.1. The van der Waals surface area contributed by atoms with Crippen LogP contribution in [-0.4, -0.2) is 39.3 Å². The van der Waals surface area contributed by atoms with E-state index in [0.717, 1.165) is 42.6 Å². The van der Waals surface area contributed by atoms with Crippen molar-refractivity contribution in [2.24, 2.45) is 11.8 Å². The van der Waals surface area contributed by atoms with Crippen molar-refractivity contribution in [2.75, 3.05) is 6.54 Å². The van der Waals surface area contributed by atoms with Crippen LogP contribution in [0.2, 0.25) is 0 Å². The number of hydrogen-bond acceptors (Lipinski definition) is 4. The average molecular weight is 461 g/mol. The summed E-state index contributed by atoms with van der Waals surface area (Å²) < 4.78 is 0. The molecule has 0 saturated carbocycles. The number of nitrogens with zero attached hydrogens (tertiary/aromatic N) is 3. The highest BCUT2D eigenvalue weighted by molar-refractivity contribution is 5.89. The first-order valence-corrected chi connectivity index (χ1v) is 12.5. The van der Waals surface area contributed by atoms with Crippen molar-refractivity contribution in [1.82, 2.24) is 20.2 Å². The highest BCUT2D eigenvalue weighted by atomic mass is 16.2. The number of rotatable bonds is 7. The number of aromatic nitrogens is 2. The van der Waals surface area contributed by atoms with E-state index >= 15 is 0 Å². The second kappa shape index (κ2) is 10.1. The van der Waals surface area contributed by atoms with Crippen molar-refractivity contribution in [3.8, 4) is 0 Å². The molecule has 180 valence electrons. The summed E-state index contributed by atoms with van der Waals surface area (Å²) in [6, 6.07) is 9.85. The molecule has 2 aromatic rings. The molecule has 2 aliphatic rings. The predicted molar refractivity (Wildman–Crippen MR) is 134 cm³/mol. The van der Waals surface area contributed by atoms with Crippen molar-refractivity contribution in [1.29, 1.82) is 0 Å². The van der Waals surface area contributed by atoms with Gasteiger partial charge in [-0.25, -0.2) is 9.97 Å². The Morgan fingerprint density at radius 2 is 1.94 bits per heavy atom. The number of benzene rings is 1. The zero-order valence-electron chi connectivity index (χ0n) is 21.0. The lowest BCUT2D eigenvalue weighted by atomic mass is 9.99. The summed E-state index contributed by atoms with van der Waals surface area (Å²) in [5, 5.41) is 3.02. The minimum atomic E-state index is -0.533. The van der Waals surface area contributed by atoms with E-state index in [-0.39, 0.29) is 29.7 Å². The Morgan fingerprint density at radius 1 is 1.18 bits per heavy atom. The fraction of sp³-hybridized carbons (Fsp3) is 0.500. The van der Waals surface area contributed by atoms with Crippen LogP contribution in [-0.2, 0) is 16.0 Å². The maximum atomic E-state index is 13.7. The van der Waals surface area contributed by atoms with Gasteiger partial charge in [0.1, 0.15) is 11.9 Å². The molecule has 1 saturated heterocycles. The van der Waals surface area contributed by atoms with Crippen molar-refractivity contribution in [3.63, 3.8) is 0 Å². The molecule has 1 aromatic heterocycles. The van der Waals surface area contributed by atoms with Crippen molar-refractivity contribution in [2.45, 2.75) is 72.4 Å². The van der Waals surface area contributed by atoms with E-state index in [2.05, 4.69) is 41.7 Å². The molecule has 6 heteroatoms. The zero-order chi connectivity index (χ0) is 24.4. The monoisotopic (exact) mass is 460 g/mol. The van der Waals surface area contributed by atoms with Crippen LogP contribution < -0.4 is 5.32 Å². The molecule has 1 aromatic carbocycles. The number of aryl methyl sites for hydroxylation is 1. The molecule has 2 heterocycles. The molecule has 4 rings (SSSR count). The highest BCUT2D eigenvalue weighted by Crippen LogP contribution is 2.36. The first-order chi connectivity index (χ1) is 16.3. The molecule has 1 aliphatic heterocycles. The van der Waals surface area contributed by atoms with Crippen LogP contribution in [0.5, 0.6) is 0 Å². The average Bonchev–Trinajstić information content (AvgIpc) is 3.48. The molecule has 0 radical (unpaired) electrons. The van der Waals surface area contributed by atoms with Gasteiger partial charge in [-0.1, -0.05) is 58.0 Å². The van der Waals surface area contributed by atoms with E-state index in [4.69, 9.17) is 9.97 Å². The second-order valence-corrected chi connectivity index (χ2v) is 9.93. The predicted octanol–water partition coefficient (Wildman–Crippen LogP) is 4.62. The molecule has 34 heavy (non-hydrogen) atoms. The number of amides is 2. The number of carbonyl (C=O) groups excluding carboxylic acids is 2. The van der Waals surface area contributed by atoms with Crippen LogP contribution in [0.1, 0.15) is 81.3 Å². The summed E-state index contributed by atoms with van der Waals surface area (Å²) in [4.78, 5) is 37.7. The summed E-state index contributed by atoms with van der Waals surface area (Å²) in [7, 11) is 0. The van der Waals surface area contributed by atoms with Crippen molar-refractivity contribution < 1.29 is 9.59 Å². The van der Waals surface area contributed by atoms with Crippen LogP contribution in [0.25, 0.3) is 5.57 Å². The van der Waals surface area contributed by atoms with Gasteiger partial charge in [-0.05, 0) is 55.7 Å². The smallest absolute Gasteiger partial charge is 0.245 e. The second-order valence-electron chi connectivity index (χ2n) is 9.93. The Balaban J connectivity index is 1.61. The van der Waals surface area contributed by atoms with Crippen LogP contribution in [0.4, 0.5) is 0 Å². The van der Waals surface area contributed by atoms with E-state index in [1.807, 2.05) is 39.5 Å². The Bertz CT molecular complexity index is 1110. The maximum Gasteiger partial charge on any atom is 0.245 e. The fourth-order valence-electron chi connectivity index (χ4n) is 4.94. The Kier molecular flexibility index (Phi) is 7.15. The SMILES string of the molecule is CCC(C)C(=O)NC(C(=O)N1CCCC1c1cc(C2=CCc3ccccc32)nc(C)n1)C(C)C. The fourth-order valence-corrected chi connectivity index (χ4v) is 4.94. The number of hydrogen-bond donors (Lipinski definition) is 1. The van der Waals surface area contributed by atoms with Gasteiger partial charge < -0.3 is 10.2 Å². The number of nitrogens with one attached hydrogen (secondary N) is 1. The van der Waals surface area contributed by atoms with Gasteiger partial charge in [0.05, 0.1) is 17.4 Å². The van der Waals surface area contributed by atoms with Crippen LogP contribution in [0, 0.1) is 18.8 Å². The quantitative estimate of drug-likeness (QED) is 0.654. The lowest BCUT2D eigenvalue weighted by molar-refractivity contribution is -0.139. The molecule has 6 nitrogen and oxygen atoms in total. The molecule has 1 N–H and O–H groups in total. The van der Waals surface area contributed by atoms with E-state index in [0.29, 0.717) is 12.4 Å². The number of carbonyl (C=O) groups is 2. The van der Waals surface area contributed by atoms with Gasteiger partial charge >= 0.3 is 0 Å². The minimum absolute atomic E-state index is 0.00426. The molecule has 3 unspecified atom stereocenters. The van der Waals surface area contributed by atoms with Gasteiger partial charge in [0.25, 0.3) is 0 Å². The summed E-state index contributed by atoms with van der Waals surface area (Å²) in [6.07, 6.45) is 5.67. The minimum Gasteiger partial charge on any atom is -0.344 e. The van der Waals surface area contributed by atoms with Gasteiger partial charge in [-0.15, -0.1) is 0 Å². The molecule has 0 bridgehead atoms. The van der Waals surface area contributed by atoms with Crippen LogP contribution >= 0.6 is 0 Å². The zero-order valence-corrected chi connectivity index (χ0v) is 21.0.